The van der Waals surface area contributed by atoms with Gasteiger partial charge in [0.15, 0.2) is 0 Å². The molecule has 0 radical (unpaired) electrons. The van der Waals surface area contributed by atoms with Crippen molar-refractivity contribution in [2.45, 2.75) is 6.92 Å². The second-order valence-electron chi connectivity index (χ2n) is 3.95. The highest BCUT2D eigenvalue weighted by Gasteiger charge is 2.09. The van der Waals surface area contributed by atoms with E-state index in [1.54, 1.807) is 11.3 Å². The molecule has 0 amide bonds. The zero-order valence-electron chi connectivity index (χ0n) is 9.45. The van der Waals surface area contributed by atoms with Gasteiger partial charge in [-0.3, -0.25) is 0 Å². The minimum atomic E-state index is 0.519. The average Bonchev–Trinajstić information content (AvgIpc) is 2.78. The first-order chi connectivity index (χ1) is 8.65. The van der Waals surface area contributed by atoms with Gasteiger partial charge in [-0.15, -0.1) is 11.3 Å². The standard InChI is InChI=1S/C13H8BrClN2S/c1-7-4-8(2-3-9(7)14)11-5-10-12(18-11)13(15)17-6-16-10/h2-6H,1H3. The van der Waals surface area contributed by atoms with Gasteiger partial charge >= 0.3 is 0 Å². The van der Waals surface area contributed by atoms with E-state index in [9.17, 15) is 0 Å². The van der Waals surface area contributed by atoms with Crippen LogP contribution in [0.2, 0.25) is 5.15 Å². The Morgan fingerprint density at radius 2 is 2.06 bits per heavy atom. The summed E-state index contributed by atoms with van der Waals surface area (Å²) in [5, 5.41) is 0.519. The maximum atomic E-state index is 6.07. The van der Waals surface area contributed by atoms with Crippen LogP contribution < -0.4 is 0 Å². The molecule has 0 aliphatic rings. The number of halogens is 2. The van der Waals surface area contributed by atoms with Crippen LogP contribution in [0.15, 0.2) is 35.1 Å². The maximum Gasteiger partial charge on any atom is 0.150 e. The summed E-state index contributed by atoms with van der Waals surface area (Å²) in [7, 11) is 0. The molecule has 3 aromatic rings. The highest BCUT2D eigenvalue weighted by Crippen LogP contribution is 2.36. The predicted octanol–water partition coefficient (Wildman–Crippen LogP) is 5.08. The summed E-state index contributed by atoms with van der Waals surface area (Å²) in [5.74, 6) is 0. The van der Waals surface area contributed by atoms with Crippen LogP contribution >= 0.6 is 38.9 Å². The van der Waals surface area contributed by atoms with Crippen LogP contribution in [0, 0.1) is 6.92 Å². The largest absolute Gasteiger partial charge is 0.235 e. The molecule has 0 saturated carbocycles. The van der Waals surface area contributed by atoms with E-state index in [1.807, 2.05) is 0 Å². The van der Waals surface area contributed by atoms with E-state index >= 15 is 0 Å². The van der Waals surface area contributed by atoms with Crippen LogP contribution in [-0.4, -0.2) is 9.97 Å². The van der Waals surface area contributed by atoms with Gasteiger partial charge in [0.25, 0.3) is 0 Å². The molecule has 0 atom stereocenters. The first-order valence-electron chi connectivity index (χ1n) is 5.32. The molecule has 0 fully saturated rings. The van der Waals surface area contributed by atoms with Crippen molar-refractivity contribution in [2.24, 2.45) is 0 Å². The van der Waals surface area contributed by atoms with Crippen molar-refractivity contribution in [1.29, 1.82) is 0 Å². The van der Waals surface area contributed by atoms with Gasteiger partial charge in [0.2, 0.25) is 0 Å². The number of rotatable bonds is 1. The molecule has 2 nitrogen and oxygen atoms in total. The second-order valence-corrected chi connectivity index (χ2v) is 6.22. The summed E-state index contributed by atoms with van der Waals surface area (Å²) in [6.07, 6.45) is 1.49. The molecule has 2 heterocycles. The van der Waals surface area contributed by atoms with Crippen molar-refractivity contribution in [1.82, 2.24) is 9.97 Å². The Bertz CT molecular complexity index is 739. The Labute approximate surface area is 122 Å². The zero-order valence-corrected chi connectivity index (χ0v) is 12.6. The third kappa shape index (κ3) is 2.05. The molecule has 0 bridgehead atoms. The lowest BCUT2D eigenvalue weighted by molar-refractivity contribution is 1.23. The van der Waals surface area contributed by atoms with Crippen molar-refractivity contribution in [3.8, 4) is 10.4 Å². The fraction of sp³-hybridized carbons (Fsp3) is 0.0769. The Morgan fingerprint density at radius 1 is 1.22 bits per heavy atom. The zero-order chi connectivity index (χ0) is 12.7. The molecule has 0 N–H and O–H groups in total. The molecule has 0 saturated heterocycles. The summed E-state index contributed by atoms with van der Waals surface area (Å²) in [6, 6.07) is 8.35. The van der Waals surface area contributed by atoms with Gasteiger partial charge in [0.1, 0.15) is 11.5 Å². The lowest BCUT2D eigenvalue weighted by Crippen LogP contribution is -1.77. The summed E-state index contributed by atoms with van der Waals surface area (Å²) in [5.41, 5.74) is 3.28. The highest BCUT2D eigenvalue weighted by molar-refractivity contribution is 9.10. The van der Waals surface area contributed by atoms with Crippen molar-refractivity contribution in [2.75, 3.05) is 0 Å². The number of thiophene rings is 1. The van der Waals surface area contributed by atoms with Crippen molar-refractivity contribution in [3.05, 3.63) is 45.8 Å². The number of hydrogen-bond donors (Lipinski definition) is 0. The van der Waals surface area contributed by atoms with Crippen LogP contribution in [0.25, 0.3) is 20.7 Å². The fourth-order valence-electron chi connectivity index (χ4n) is 1.77. The van der Waals surface area contributed by atoms with E-state index in [1.165, 1.54) is 17.5 Å². The molecule has 0 aliphatic carbocycles. The number of nitrogens with zero attached hydrogens (tertiary/aromatic N) is 2. The quantitative estimate of drug-likeness (QED) is 0.578. The van der Waals surface area contributed by atoms with Gasteiger partial charge in [0.05, 0.1) is 10.2 Å². The molecule has 0 unspecified atom stereocenters. The molecule has 0 spiro atoms. The van der Waals surface area contributed by atoms with Crippen LogP contribution in [0.3, 0.4) is 0 Å². The molecule has 3 rings (SSSR count). The van der Waals surface area contributed by atoms with Gasteiger partial charge in [0, 0.05) is 9.35 Å². The third-order valence-corrected chi connectivity index (χ3v) is 5.18. The van der Waals surface area contributed by atoms with Crippen molar-refractivity contribution >= 4 is 49.1 Å². The summed E-state index contributed by atoms with van der Waals surface area (Å²) in [4.78, 5) is 9.39. The monoisotopic (exact) mass is 338 g/mol. The van der Waals surface area contributed by atoms with E-state index in [-0.39, 0.29) is 0 Å². The second kappa shape index (κ2) is 4.61. The van der Waals surface area contributed by atoms with Crippen LogP contribution in [0.4, 0.5) is 0 Å². The van der Waals surface area contributed by atoms with Crippen molar-refractivity contribution in [3.63, 3.8) is 0 Å². The van der Waals surface area contributed by atoms with Crippen molar-refractivity contribution < 1.29 is 0 Å². The summed E-state index contributed by atoms with van der Waals surface area (Å²) in [6.45, 7) is 2.08. The van der Waals surface area contributed by atoms with E-state index in [0.717, 1.165) is 19.6 Å². The molecule has 0 aliphatic heterocycles. The molecule has 5 heteroatoms. The fourth-order valence-corrected chi connectivity index (χ4v) is 3.26. The first kappa shape index (κ1) is 12.1. The number of fused-ring (bicyclic) bond motifs is 1. The Morgan fingerprint density at radius 3 is 2.78 bits per heavy atom. The smallest absolute Gasteiger partial charge is 0.150 e. The minimum Gasteiger partial charge on any atom is -0.235 e. The van der Waals surface area contributed by atoms with Crippen LogP contribution in [0.5, 0.6) is 0 Å². The Kier molecular flexibility index (Phi) is 3.09. The van der Waals surface area contributed by atoms with E-state index < -0.39 is 0 Å². The van der Waals surface area contributed by atoms with Gasteiger partial charge in [-0.25, -0.2) is 9.97 Å². The number of hydrogen-bond acceptors (Lipinski definition) is 3. The van der Waals surface area contributed by atoms with Gasteiger partial charge in [-0.1, -0.05) is 33.6 Å². The maximum absolute atomic E-state index is 6.07. The highest BCUT2D eigenvalue weighted by atomic mass is 79.9. The molecule has 2 aromatic heterocycles. The van der Waals surface area contributed by atoms with E-state index in [2.05, 4.69) is 57.1 Å². The molecule has 18 heavy (non-hydrogen) atoms. The lowest BCUT2D eigenvalue weighted by Gasteiger charge is -2.01. The molecular formula is C13H8BrClN2S. The van der Waals surface area contributed by atoms with E-state index in [4.69, 9.17) is 11.6 Å². The summed E-state index contributed by atoms with van der Waals surface area (Å²) < 4.78 is 2.06. The predicted molar refractivity (Wildman–Crippen MR) is 80.3 cm³/mol. The normalized spacial score (nSPS) is 11.1. The average molecular weight is 340 g/mol. The number of aryl methyl sites for hydroxylation is 1. The lowest BCUT2D eigenvalue weighted by atomic mass is 10.1. The number of benzene rings is 1. The topological polar surface area (TPSA) is 25.8 Å². The Hall–Kier alpha value is -0.970. The van der Waals surface area contributed by atoms with Gasteiger partial charge in [-0.2, -0.15) is 0 Å². The van der Waals surface area contributed by atoms with E-state index in [0.29, 0.717) is 5.15 Å². The SMILES string of the molecule is Cc1cc(-c2cc3ncnc(Cl)c3s2)ccc1Br. The molecule has 1 aromatic carbocycles. The van der Waals surface area contributed by atoms with Gasteiger partial charge < -0.3 is 0 Å². The number of aromatic nitrogens is 2. The van der Waals surface area contributed by atoms with Crippen LogP contribution in [-0.2, 0) is 0 Å². The van der Waals surface area contributed by atoms with Gasteiger partial charge in [-0.05, 0) is 36.2 Å². The summed E-state index contributed by atoms with van der Waals surface area (Å²) >= 11 is 11.2. The van der Waals surface area contributed by atoms with Crippen LogP contribution in [0.1, 0.15) is 5.56 Å². The third-order valence-electron chi connectivity index (χ3n) is 2.71. The Balaban J connectivity index is 2.19. The molecular weight excluding hydrogens is 332 g/mol. The first-order valence-corrected chi connectivity index (χ1v) is 7.30. The molecule has 90 valence electrons. The minimum absolute atomic E-state index is 0.519.